The molecule has 4 heteroatoms. The van der Waals surface area contributed by atoms with E-state index in [4.69, 9.17) is 4.74 Å². The molecule has 0 saturated carbocycles. The van der Waals surface area contributed by atoms with E-state index < -0.39 is 0 Å². The first kappa shape index (κ1) is 16.6. The van der Waals surface area contributed by atoms with Crippen molar-refractivity contribution in [3.05, 3.63) is 64.1 Å². The molecule has 0 aliphatic rings. The number of benzene rings is 2. The average molecular weight is 362 g/mol. The molecule has 1 amide bonds. The highest BCUT2D eigenvalue weighted by atomic mass is 79.9. The molecule has 1 atom stereocenters. The van der Waals surface area contributed by atoms with Crippen LogP contribution in [0.25, 0.3) is 0 Å². The summed E-state index contributed by atoms with van der Waals surface area (Å²) < 4.78 is 6.62. The standard InChI is InChI=1S/C18H20BrNO2/c1-3-14-8-4-7-11-17(14)22-12-18(21)20-13(2)15-9-5-6-10-16(15)19/h4-11,13H,3,12H2,1-2H3,(H,20,21). The minimum Gasteiger partial charge on any atom is -0.483 e. The molecular weight excluding hydrogens is 342 g/mol. The van der Waals surface area contributed by atoms with E-state index in [1.165, 1.54) is 0 Å². The molecule has 0 spiro atoms. The van der Waals surface area contributed by atoms with Crippen LogP contribution in [-0.2, 0) is 11.2 Å². The van der Waals surface area contributed by atoms with Crippen LogP contribution in [0.5, 0.6) is 5.75 Å². The molecule has 0 heterocycles. The van der Waals surface area contributed by atoms with Crippen LogP contribution in [0.2, 0.25) is 0 Å². The second kappa shape index (κ2) is 7.99. The molecule has 0 fully saturated rings. The van der Waals surface area contributed by atoms with Gasteiger partial charge in [-0.25, -0.2) is 0 Å². The Morgan fingerprint density at radius 1 is 1.18 bits per heavy atom. The number of aryl methyl sites for hydroxylation is 1. The summed E-state index contributed by atoms with van der Waals surface area (Å²) in [6.07, 6.45) is 0.880. The first-order valence-electron chi connectivity index (χ1n) is 7.36. The van der Waals surface area contributed by atoms with Crippen molar-refractivity contribution < 1.29 is 9.53 Å². The molecule has 0 aromatic heterocycles. The van der Waals surface area contributed by atoms with Crippen molar-refractivity contribution in [3.8, 4) is 5.75 Å². The van der Waals surface area contributed by atoms with Gasteiger partial charge in [-0.15, -0.1) is 0 Å². The van der Waals surface area contributed by atoms with E-state index in [1.54, 1.807) is 0 Å². The van der Waals surface area contributed by atoms with Crippen LogP contribution in [0.4, 0.5) is 0 Å². The summed E-state index contributed by atoms with van der Waals surface area (Å²) in [6.45, 7) is 4.04. The Labute approximate surface area is 139 Å². The van der Waals surface area contributed by atoms with Gasteiger partial charge in [-0.05, 0) is 36.6 Å². The monoisotopic (exact) mass is 361 g/mol. The van der Waals surface area contributed by atoms with Crippen molar-refractivity contribution in [2.24, 2.45) is 0 Å². The molecule has 22 heavy (non-hydrogen) atoms. The predicted octanol–water partition coefficient (Wildman–Crippen LogP) is 4.27. The Morgan fingerprint density at radius 2 is 1.86 bits per heavy atom. The minimum atomic E-state index is -0.130. The summed E-state index contributed by atoms with van der Waals surface area (Å²) in [4.78, 5) is 12.1. The zero-order valence-corrected chi connectivity index (χ0v) is 14.4. The zero-order chi connectivity index (χ0) is 15.9. The van der Waals surface area contributed by atoms with Crippen LogP contribution in [0, 0.1) is 0 Å². The van der Waals surface area contributed by atoms with Gasteiger partial charge in [0.15, 0.2) is 6.61 Å². The van der Waals surface area contributed by atoms with E-state index in [0.717, 1.165) is 27.8 Å². The number of rotatable bonds is 6. The Bertz CT molecular complexity index is 642. The molecular formula is C18H20BrNO2. The van der Waals surface area contributed by atoms with Crippen LogP contribution >= 0.6 is 15.9 Å². The maximum Gasteiger partial charge on any atom is 0.258 e. The van der Waals surface area contributed by atoms with E-state index in [1.807, 2.05) is 55.5 Å². The molecule has 1 N–H and O–H groups in total. The fourth-order valence-electron chi connectivity index (χ4n) is 2.27. The van der Waals surface area contributed by atoms with Crippen molar-refractivity contribution in [2.75, 3.05) is 6.61 Å². The Kier molecular flexibility index (Phi) is 6.01. The molecule has 0 aliphatic heterocycles. The van der Waals surface area contributed by atoms with Crippen LogP contribution < -0.4 is 10.1 Å². The first-order valence-corrected chi connectivity index (χ1v) is 8.15. The number of nitrogens with one attached hydrogen (secondary N) is 1. The quantitative estimate of drug-likeness (QED) is 0.834. The topological polar surface area (TPSA) is 38.3 Å². The molecule has 2 aromatic rings. The summed E-state index contributed by atoms with van der Waals surface area (Å²) in [6, 6.07) is 15.6. The fraction of sp³-hybridized carbons (Fsp3) is 0.278. The number of amides is 1. The van der Waals surface area contributed by atoms with Gasteiger partial charge < -0.3 is 10.1 Å². The van der Waals surface area contributed by atoms with Gasteiger partial charge in [0.1, 0.15) is 5.75 Å². The highest BCUT2D eigenvalue weighted by Crippen LogP contribution is 2.23. The molecule has 0 bridgehead atoms. The molecule has 0 aliphatic carbocycles. The van der Waals surface area contributed by atoms with Crippen molar-refractivity contribution in [1.82, 2.24) is 5.32 Å². The van der Waals surface area contributed by atoms with Gasteiger partial charge in [0.25, 0.3) is 5.91 Å². The van der Waals surface area contributed by atoms with Crippen molar-refractivity contribution >= 4 is 21.8 Å². The zero-order valence-electron chi connectivity index (χ0n) is 12.8. The third kappa shape index (κ3) is 4.34. The first-order chi connectivity index (χ1) is 10.6. The second-order valence-corrected chi connectivity index (χ2v) is 5.92. The predicted molar refractivity (Wildman–Crippen MR) is 92.0 cm³/mol. The number of carbonyl (C=O) groups excluding carboxylic acids is 1. The number of hydrogen-bond donors (Lipinski definition) is 1. The molecule has 0 radical (unpaired) electrons. The van der Waals surface area contributed by atoms with E-state index in [-0.39, 0.29) is 18.6 Å². The van der Waals surface area contributed by atoms with Gasteiger partial charge in [0.05, 0.1) is 6.04 Å². The lowest BCUT2D eigenvalue weighted by Crippen LogP contribution is -2.31. The summed E-state index contributed by atoms with van der Waals surface area (Å²) in [5, 5.41) is 2.95. The number of carbonyl (C=O) groups is 1. The van der Waals surface area contributed by atoms with Crippen LogP contribution in [-0.4, -0.2) is 12.5 Å². The molecule has 2 aromatic carbocycles. The van der Waals surface area contributed by atoms with Gasteiger partial charge in [-0.3, -0.25) is 4.79 Å². The lowest BCUT2D eigenvalue weighted by molar-refractivity contribution is -0.123. The average Bonchev–Trinajstić information content (AvgIpc) is 2.53. The Hall–Kier alpha value is -1.81. The van der Waals surface area contributed by atoms with Crippen molar-refractivity contribution in [1.29, 1.82) is 0 Å². The van der Waals surface area contributed by atoms with Gasteiger partial charge in [0, 0.05) is 4.47 Å². The van der Waals surface area contributed by atoms with E-state index in [0.29, 0.717) is 0 Å². The van der Waals surface area contributed by atoms with Crippen molar-refractivity contribution in [3.63, 3.8) is 0 Å². The highest BCUT2D eigenvalue weighted by molar-refractivity contribution is 9.10. The van der Waals surface area contributed by atoms with Crippen LogP contribution in [0.1, 0.15) is 31.0 Å². The Balaban J connectivity index is 1.92. The van der Waals surface area contributed by atoms with Gasteiger partial charge in [0.2, 0.25) is 0 Å². The lowest BCUT2D eigenvalue weighted by Gasteiger charge is -2.16. The lowest BCUT2D eigenvalue weighted by atomic mass is 10.1. The summed E-state index contributed by atoms with van der Waals surface area (Å²) in [7, 11) is 0. The number of halogens is 1. The maximum atomic E-state index is 12.1. The molecule has 1 unspecified atom stereocenters. The smallest absolute Gasteiger partial charge is 0.258 e. The van der Waals surface area contributed by atoms with E-state index in [2.05, 4.69) is 28.2 Å². The molecule has 116 valence electrons. The van der Waals surface area contributed by atoms with Gasteiger partial charge in [-0.2, -0.15) is 0 Å². The van der Waals surface area contributed by atoms with E-state index >= 15 is 0 Å². The summed E-state index contributed by atoms with van der Waals surface area (Å²) in [5.74, 6) is 0.642. The molecule has 2 rings (SSSR count). The maximum absolute atomic E-state index is 12.1. The SMILES string of the molecule is CCc1ccccc1OCC(=O)NC(C)c1ccccc1Br. The third-order valence-electron chi connectivity index (χ3n) is 3.46. The van der Waals surface area contributed by atoms with Gasteiger partial charge >= 0.3 is 0 Å². The summed E-state index contributed by atoms with van der Waals surface area (Å²) >= 11 is 3.50. The number of para-hydroxylation sites is 1. The molecule has 3 nitrogen and oxygen atoms in total. The highest BCUT2D eigenvalue weighted by Gasteiger charge is 2.12. The second-order valence-electron chi connectivity index (χ2n) is 5.06. The molecule has 0 saturated heterocycles. The summed E-state index contributed by atoms with van der Waals surface area (Å²) in [5.41, 5.74) is 2.15. The number of hydrogen-bond acceptors (Lipinski definition) is 2. The van der Waals surface area contributed by atoms with Crippen LogP contribution in [0.15, 0.2) is 53.0 Å². The van der Waals surface area contributed by atoms with Gasteiger partial charge in [-0.1, -0.05) is 59.3 Å². The third-order valence-corrected chi connectivity index (χ3v) is 4.18. The number of ether oxygens (including phenoxy) is 1. The minimum absolute atomic E-state index is 0.0196. The fourth-order valence-corrected chi connectivity index (χ4v) is 2.90. The normalized spacial score (nSPS) is 11.8. The van der Waals surface area contributed by atoms with Crippen molar-refractivity contribution in [2.45, 2.75) is 26.3 Å². The Morgan fingerprint density at radius 3 is 2.59 bits per heavy atom. The van der Waals surface area contributed by atoms with Crippen LogP contribution in [0.3, 0.4) is 0 Å². The largest absolute Gasteiger partial charge is 0.483 e. The van der Waals surface area contributed by atoms with E-state index in [9.17, 15) is 4.79 Å².